The summed E-state index contributed by atoms with van der Waals surface area (Å²) in [7, 11) is 0. The zero-order valence-electron chi connectivity index (χ0n) is 10.9. The molecule has 1 aliphatic carbocycles. The van der Waals surface area contributed by atoms with Crippen LogP contribution in [0.25, 0.3) is 0 Å². The quantitative estimate of drug-likeness (QED) is 0.913. The van der Waals surface area contributed by atoms with Gasteiger partial charge in [-0.15, -0.1) is 0 Å². The van der Waals surface area contributed by atoms with Crippen LogP contribution in [0, 0.1) is 0 Å². The zero-order chi connectivity index (χ0) is 12.4. The van der Waals surface area contributed by atoms with Gasteiger partial charge in [0, 0.05) is 24.9 Å². The van der Waals surface area contributed by atoms with Crippen molar-refractivity contribution in [3.05, 3.63) is 22.4 Å². The Hall–Kier alpha value is -0.420. The molecule has 2 aliphatic rings. The van der Waals surface area contributed by atoms with Crippen LogP contribution >= 0.6 is 11.3 Å². The van der Waals surface area contributed by atoms with Gasteiger partial charge in [0.1, 0.15) is 0 Å². The van der Waals surface area contributed by atoms with Crippen LogP contribution in [-0.2, 0) is 9.47 Å². The highest BCUT2D eigenvalue weighted by Crippen LogP contribution is 2.36. The normalized spacial score (nSPS) is 25.6. The fraction of sp³-hybridized carbons (Fsp3) is 0.714. The minimum Gasteiger partial charge on any atom is -0.348 e. The van der Waals surface area contributed by atoms with Crippen molar-refractivity contribution in [1.82, 2.24) is 5.32 Å². The van der Waals surface area contributed by atoms with E-state index < -0.39 is 0 Å². The Morgan fingerprint density at radius 3 is 2.67 bits per heavy atom. The number of thiophene rings is 1. The van der Waals surface area contributed by atoms with E-state index in [0.717, 1.165) is 38.9 Å². The average Bonchev–Trinajstić information content (AvgIpc) is 3.04. The maximum Gasteiger partial charge on any atom is 0.168 e. The topological polar surface area (TPSA) is 30.5 Å². The second-order valence-electron chi connectivity index (χ2n) is 5.33. The lowest BCUT2D eigenvalue weighted by atomic mass is 9.89. The molecule has 1 N–H and O–H groups in total. The first-order valence-electron chi connectivity index (χ1n) is 6.83. The van der Waals surface area contributed by atoms with E-state index >= 15 is 0 Å². The third-order valence-electron chi connectivity index (χ3n) is 4.09. The first-order valence-corrected chi connectivity index (χ1v) is 7.78. The Kier molecular flexibility index (Phi) is 3.71. The van der Waals surface area contributed by atoms with Gasteiger partial charge in [0.15, 0.2) is 5.79 Å². The van der Waals surface area contributed by atoms with Crippen LogP contribution < -0.4 is 5.32 Å². The van der Waals surface area contributed by atoms with E-state index in [1.54, 1.807) is 11.3 Å². The van der Waals surface area contributed by atoms with Crippen molar-refractivity contribution in [2.45, 2.75) is 50.5 Å². The Labute approximate surface area is 112 Å². The summed E-state index contributed by atoms with van der Waals surface area (Å²) < 4.78 is 11.5. The smallest absolute Gasteiger partial charge is 0.168 e. The van der Waals surface area contributed by atoms with E-state index in [-0.39, 0.29) is 5.79 Å². The molecule has 0 bridgehead atoms. The average molecular weight is 267 g/mol. The maximum absolute atomic E-state index is 5.76. The van der Waals surface area contributed by atoms with Crippen molar-refractivity contribution < 1.29 is 9.47 Å². The van der Waals surface area contributed by atoms with E-state index in [4.69, 9.17) is 9.47 Å². The van der Waals surface area contributed by atoms with Gasteiger partial charge in [-0.25, -0.2) is 0 Å². The number of nitrogens with one attached hydrogen (secondary N) is 1. The summed E-state index contributed by atoms with van der Waals surface area (Å²) in [6, 6.07) is 3.24. The largest absolute Gasteiger partial charge is 0.348 e. The molecule has 2 fully saturated rings. The van der Waals surface area contributed by atoms with E-state index in [0.29, 0.717) is 12.1 Å². The molecule has 1 unspecified atom stereocenters. The van der Waals surface area contributed by atoms with E-state index in [1.165, 1.54) is 5.56 Å². The number of rotatable bonds is 3. The summed E-state index contributed by atoms with van der Waals surface area (Å²) in [6.45, 7) is 3.78. The van der Waals surface area contributed by atoms with Crippen LogP contribution in [0.1, 0.15) is 44.2 Å². The fourth-order valence-corrected chi connectivity index (χ4v) is 3.74. The summed E-state index contributed by atoms with van der Waals surface area (Å²) in [6.07, 6.45) is 4.35. The van der Waals surface area contributed by atoms with E-state index in [9.17, 15) is 0 Å². The van der Waals surface area contributed by atoms with Crippen molar-refractivity contribution >= 4 is 11.3 Å². The molecule has 1 aliphatic heterocycles. The second kappa shape index (κ2) is 5.29. The van der Waals surface area contributed by atoms with Gasteiger partial charge in [0.25, 0.3) is 0 Å². The molecule has 3 rings (SSSR count). The molecule has 1 saturated heterocycles. The monoisotopic (exact) mass is 267 g/mol. The summed E-state index contributed by atoms with van der Waals surface area (Å²) >= 11 is 1.77. The first kappa shape index (κ1) is 12.6. The predicted octanol–water partition coefficient (Wildman–Crippen LogP) is 3.08. The SMILES string of the molecule is CC(NC1CCC2(CC1)OCCO2)c1ccsc1. The van der Waals surface area contributed by atoms with Gasteiger partial charge < -0.3 is 14.8 Å². The van der Waals surface area contributed by atoms with E-state index in [2.05, 4.69) is 29.1 Å². The molecule has 3 nitrogen and oxygen atoms in total. The lowest BCUT2D eigenvalue weighted by Crippen LogP contribution is -2.42. The van der Waals surface area contributed by atoms with Gasteiger partial charge in [-0.05, 0) is 42.2 Å². The van der Waals surface area contributed by atoms with Gasteiger partial charge in [-0.3, -0.25) is 0 Å². The summed E-state index contributed by atoms with van der Waals surface area (Å²) in [4.78, 5) is 0. The number of hydrogen-bond acceptors (Lipinski definition) is 4. The molecule has 2 heterocycles. The number of hydrogen-bond donors (Lipinski definition) is 1. The Morgan fingerprint density at radius 1 is 1.33 bits per heavy atom. The highest BCUT2D eigenvalue weighted by molar-refractivity contribution is 7.07. The van der Waals surface area contributed by atoms with Crippen LogP contribution in [0.15, 0.2) is 16.8 Å². The Morgan fingerprint density at radius 2 is 2.06 bits per heavy atom. The van der Waals surface area contributed by atoms with Gasteiger partial charge in [0.05, 0.1) is 13.2 Å². The molecule has 1 atom stereocenters. The highest BCUT2D eigenvalue weighted by Gasteiger charge is 2.40. The molecule has 1 aromatic heterocycles. The van der Waals surface area contributed by atoms with E-state index in [1.807, 2.05) is 0 Å². The van der Waals surface area contributed by atoms with Crippen LogP contribution in [-0.4, -0.2) is 25.0 Å². The summed E-state index contributed by atoms with van der Waals surface area (Å²) in [5, 5.41) is 8.09. The van der Waals surface area contributed by atoms with Crippen molar-refractivity contribution in [2.75, 3.05) is 13.2 Å². The van der Waals surface area contributed by atoms with Crippen molar-refractivity contribution in [3.63, 3.8) is 0 Å². The summed E-state index contributed by atoms with van der Waals surface area (Å²) in [5.74, 6) is -0.232. The zero-order valence-corrected chi connectivity index (χ0v) is 11.7. The molecule has 1 saturated carbocycles. The minimum atomic E-state index is -0.232. The van der Waals surface area contributed by atoms with Gasteiger partial charge in [-0.2, -0.15) is 11.3 Å². The molecule has 1 spiro atoms. The Bertz CT molecular complexity index is 363. The van der Waals surface area contributed by atoms with Gasteiger partial charge in [-0.1, -0.05) is 0 Å². The Balaban J connectivity index is 1.51. The third kappa shape index (κ3) is 2.62. The maximum atomic E-state index is 5.76. The first-order chi connectivity index (χ1) is 8.77. The third-order valence-corrected chi connectivity index (χ3v) is 4.79. The van der Waals surface area contributed by atoms with Gasteiger partial charge >= 0.3 is 0 Å². The van der Waals surface area contributed by atoms with Crippen LogP contribution in [0.4, 0.5) is 0 Å². The molecule has 4 heteroatoms. The molecule has 18 heavy (non-hydrogen) atoms. The van der Waals surface area contributed by atoms with Crippen molar-refractivity contribution in [2.24, 2.45) is 0 Å². The molecule has 1 aromatic rings. The molecule has 100 valence electrons. The predicted molar refractivity (Wildman–Crippen MR) is 72.8 cm³/mol. The summed E-state index contributed by atoms with van der Waals surface area (Å²) in [5.41, 5.74) is 1.40. The molecular weight excluding hydrogens is 246 g/mol. The van der Waals surface area contributed by atoms with Crippen LogP contribution in [0.5, 0.6) is 0 Å². The number of ether oxygens (including phenoxy) is 2. The second-order valence-corrected chi connectivity index (χ2v) is 6.11. The standard InChI is InChI=1S/C14H21NO2S/c1-11(12-4-9-18-10-12)15-13-2-5-14(6-3-13)16-7-8-17-14/h4,9-11,13,15H,2-3,5-8H2,1H3. The fourth-order valence-electron chi connectivity index (χ4n) is 2.98. The van der Waals surface area contributed by atoms with Crippen LogP contribution in [0.2, 0.25) is 0 Å². The molecule has 0 aromatic carbocycles. The molecule has 0 amide bonds. The van der Waals surface area contributed by atoms with Crippen molar-refractivity contribution in [3.8, 4) is 0 Å². The molecular formula is C14H21NO2S. The van der Waals surface area contributed by atoms with Crippen LogP contribution in [0.3, 0.4) is 0 Å². The van der Waals surface area contributed by atoms with Crippen molar-refractivity contribution in [1.29, 1.82) is 0 Å². The molecule has 0 radical (unpaired) electrons. The lowest BCUT2D eigenvalue weighted by Gasteiger charge is -2.36. The highest BCUT2D eigenvalue weighted by atomic mass is 32.1. The minimum absolute atomic E-state index is 0.232. The lowest BCUT2D eigenvalue weighted by molar-refractivity contribution is -0.179. The van der Waals surface area contributed by atoms with Gasteiger partial charge in [0.2, 0.25) is 0 Å².